The van der Waals surface area contributed by atoms with Crippen LogP contribution in [0, 0.1) is 10.8 Å². The first-order chi connectivity index (χ1) is 11.2. The number of aliphatic hydroxyl groups is 1. The molecular formula is C19H27F2NO2. The number of amides is 1. The minimum Gasteiger partial charge on any atom is -0.508 e. The molecule has 5 heteroatoms. The molecule has 0 saturated heterocycles. The molecule has 0 heterocycles. The largest absolute Gasteiger partial charge is 0.508 e. The van der Waals surface area contributed by atoms with Gasteiger partial charge in [0.1, 0.15) is 5.76 Å². The smallest absolute Gasteiger partial charge is 0.252 e. The van der Waals surface area contributed by atoms with Gasteiger partial charge >= 0.3 is 0 Å². The highest BCUT2D eigenvalue weighted by atomic mass is 19.3. The predicted octanol–water partition coefficient (Wildman–Crippen LogP) is 4.65. The van der Waals surface area contributed by atoms with Gasteiger partial charge in [-0.1, -0.05) is 32.3 Å². The van der Waals surface area contributed by atoms with Crippen LogP contribution < -0.4 is 5.32 Å². The van der Waals surface area contributed by atoms with Crippen molar-refractivity contribution in [3.05, 3.63) is 23.5 Å². The van der Waals surface area contributed by atoms with Crippen molar-refractivity contribution in [1.29, 1.82) is 0 Å². The topological polar surface area (TPSA) is 49.3 Å². The Bertz CT molecular complexity index is 582. The molecule has 0 spiro atoms. The molecule has 2 fully saturated rings. The number of carbonyl (C=O) groups is 1. The molecule has 3 rings (SSSR count). The van der Waals surface area contributed by atoms with Crippen LogP contribution in [0.4, 0.5) is 8.78 Å². The molecule has 0 aromatic heterocycles. The van der Waals surface area contributed by atoms with Crippen molar-refractivity contribution in [3.8, 4) is 0 Å². The van der Waals surface area contributed by atoms with Gasteiger partial charge in [-0.2, -0.15) is 0 Å². The number of aliphatic hydroxyl groups excluding tert-OH is 1. The van der Waals surface area contributed by atoms with E-state index in [1.54, 1.807) is 6.08 Å². The fourth-order valence-electron chi connectivity index (χ4n) is 4.73. The fraction of sp³-hybridized carbons (Fsp3) is 0.737. The number of rotatable bonds is 3. The first-order valence-corrected chi connectivity index (χ1v) is 8.94. The minimum atomic E-state index is -2.63. The third kappa shape index (κ3) is 2.86. The van der Waals surface area contributed by atoms with Crippen LogP contribution in [0.2, 0.25) is 0 Å². The molecule has 0 aliphatic heterocycles. The molecule has 24 heavy (non-hydrogen) atoms. The molecule has 2 N–H and O–H groups in total. The van der Waals surface area contributed by atoms with Gasteiger partial charge in [-0.25, -0.2) is 8.78 Å². The van der Waals surface area contributed by atoms with Crippen LogP contribution in [0.3, 0.4) is 0 Å². The zero-order valence-corrected chi connectivity index (χ0v) is 14.5. The standard InChI is InChI=1S/C19H27F2NO2/c1-13-10-17(2,9-6-15(13)23)18(7-4-3-5-8-18)16(24)22-14-11-19(20,21)12-14/h6,9,14,23H,3-5,7-8,10-12H2,1-2H3,(H,22,24). The molecule has 2 saturated carbocycles. The van der Waals surface area contributed by atoms with Gasteiger partial charge in [-0.3, -0.25) is 4.79 Å². The Kier molecular flexibility index (Phi) is 4.25. The number of halogens is 2. The Morgan fingerprint density at radius 2 is 1.88 bits per heavy atom. The average molecular weight is 339 g/mol. The summed E-state index contributed by atoms with van der Waals surface area (Å²) in [6.45, 7) is 3.96. The summed E-state index contributed by atoms with van der Waals surface area (Å²) in [5, 5.41) is 12.8. The van der Waals surface area contributed by atoms with Crippen LogP contribution in [-0.2, 0) is 4.79 Å². The number of allylic oxidation sites excluding steroid dienone is 3. The van der Waals surface area contributed by atoms with Crippen molar-refractivity contribution >= 4 is 5.91 Å². The number of carbonyl (C=O) groups excluding carboxylic acids is 1. The summed E-state index contributed by atoms with van der Waals surface area (Å²) in [5.74, 6) is -2.43. The molecule has 3 nitrogen and oxygen atoms in total. The van der Waals surface area contributed by atoms with Gasteiger partial charge in [0.05, 0.1) is 5.41 Å². The lowest BCUT2D eigenvalue weighted by Crippen LogP contribution is -2.58. The van der Waals surface area contributed by atoms with Gasteiger partial charge in [0.2, 0.25) is 5.91 Å². The summed E-state index contributed by atoms with van der Waals surface area (Å²) in [6, 6.07) is -0.410. The van der Waals surface area contributed by atoms with Gasteiger partial charge < -0.3 is 10.4 Å². The lowest BCUT2D eigenvalue weighted by atomic mass is 9.54. The van der Waals surface area contributed by atoms with E-state index in [9.17, 15) is 18.7 Å². The molecule has 0 radical (unpaired) electrons. The van der Waals surface area contributed by atoms with Crippen molar-refractivity contribution < 1.29 is 18.7 Å². The van der Waals surface area contributed by atoms with Gasteiger partial charge in [-0.15, -0.1) is 0 Å². The minimum absolute atomic E-state index is 0.0796. The van der Waals surface area contributed by atoms with Gasteiger partial charge in [0.15, 0.2) is 0 Å². The maximum Gasteiger partial charge on any atom is 0.252 e. The summed E-state index contributed by atoms with van der Waals surface area (Å²) in [4.78, 5) is 13.2. The number of alkyl halides is 2. The van der Waals surface area contributed by atoms with E-state index in [2.05, 4.69) is 12.2 Å². The highest BCUT2D eigenvalue weighted by Gasteiger charge is 2.55. The van der Waals surface area contributed by atoms with E-state index in [1.165, 1.54) is 0 Å². The Morgan fingerprint density at radius 1 is 1.25 bits per heavy atom. The van der Waals surface area contributed by atoms with Gasteiger partial charge in [-0.05, 0) is 37.8 Å². The second-order valence-electron chi connectivity index (χ2n) is 8.17. The highest BCUT2D eigenvalue weighted by Crippen LogP contribution is 2.55. The van der Waals surface area contributed by atoms with E-state index < -0.39 is 17.4 Å². The zero-order valence-electron chi connectivity index (χ0n) is 14.5. The second-order valence-corrected chi connectivity index (χ2v) is 8.17. The van der Waals surface area contributed by atoms with E-state index in [4.69, 9.17) is 0 Å². The molecule has 0 aromatic carbocycles. The van der Waals surface area contributed by atoms with Crippen LogP contribution >= 0.6 is 0 Å². The maximum atomic E-state index is 13.2. The van der Waals surface area contributed by atoms with E-state index in [-0.39, 0.29) is 29.9 Å². The average Bonchev–Trinajstić information content (AvgIpc) is 2.50. The highest BCUT2D eigenvalue weighted by molar-refractivity contribution is 5.84. The van der Waals surface area contributed by atoms with Crippen molar-refractivity contribution in [2.24, 2.45) is 10.8 Å². The number of hydrogen-bond donors (Lipinski definition) is 2. The van der Waals surface area contributed by atoms with Crippen LogP contribution in [-0.4, -0.2) is 23.0 Å². The number of nitrogens with one attached hydrogen (secondary N) is 1. The van der Waals surface area contributed by atoms with Crippen LogP contribution in [0.1, 0.15) is 65.2 Å². The molecule has 0 bridgehead atoms. The fourth-order valence-corrected chi connectivity index (χ4v) is 4.73. The Balaban J connectivity index is 1.83. The first-order valence-electron chi connectivity index (χ1n) is 8.94. The summed E-state index contributed by atoms with van der Waals surface area (Å²) in [6.07, 6.45) is 8.39. The van der Waals surface area contributed by atoms with Crippen LogP contribution in [0.5, 0.6) is 0 Å². The molecule has 1 atom stereocenters. The van der Waals surface area contributed by atoms with E-state index in [0.717, 1.165) is 37.7 Å². The zero-order chi connectivity index (χ0) is 17.6. The SMILES string of the molecule is CC1=C(O)C=CC(C)(C2(C(=O)NC3CC(F)(F)C3)CCCCC2)C1. The third-order valence-electron chi connectivity index (χ3n) is 6.34. The van der Waals surface area contributed by atoms with E-state index in [0.29, 0.717) is 6.42 Å². The van der Waals surface area contributed by atoms with Crippen molar-refractivity contribution in [3.63, 3.8) is 0 Å². The van der Waals surface area contributed by atoms with E-state index >= 15 is 0 Å². The van der Waals surface area contributed by atoms with Crippen molar-refractivity contribution in [2.45, 2.75) is 77.2 Å². The van der Waals surface area contributed by atoms with Crippen molar-refractivity contribution in [1.82, 2.24) is 5.32 Å². The van der Waals surface area contributed by atoms with E-state index in [1.807, 2.05) is 13.0 Å². The molecule has 3 aliphatic carbocycles. The monoisotopic (exact) mass is 339 g/mol. The summed E-state index contributed by atoms with van der Waals surface area (Å²) < 4.78 is 26.2. The molecule has 134 valence electrons. The normalized spacial score (nSPS) is 32.3. The summed E-state index contributed by atoms with van der Waals surface area (Å²) >= 11 is 0. The van der Waals surface area contributed by atoms with Crippen LogP contribution in [0.25, 0.3) is 0 Å². The van der Waals surface area contributed by atoms with Crippen molar-refractivity contribution in [2.75, 3.05) is 0 Å². The second kappa shape index (κ2) is 5.85. The Morgan fingerprint density at radius 3 is 2.42 bits per heavy atom. The predicted molar refractivity (Wildman–Crippen MR) is 88.8 cm³/mol. The third-order valence-corrected chi connectivity index (χ3v) is 6.34. The lowest BCUT2D eigenvalue weighted by Gasteiger charge is -2.50. The quantitative estimate of drug-likeness (QED) is 0.786. The molecule has 1 unspecified atom stereocenters. The summed E-state index contributed by atoms with van der Waals surface area (Å²) in [5.41, 5.74) is -0.0813. The molecule has 1 amide bonds. The Hall–Kier alpha value is -1.39. The lowest BCUT2D eigenvalue weighted by molar-refractivity contribution is -0.147. The van der Waals surface area contributed by atoms with Gasteiger partial charge in [0, 0.05) is 24.3 Å². The summed E-state index contributed by atoms with van der Waals surface area (Å²) in [7, 11) is 0. The molecule has 0 aromatic rings. The Labute approximate surface area is 142 Å². The number of hydrogen-bond acceptors (Lipinski definition) is 2. The molecule has 3 aliphatic rings. The van der Waals surface area contributed by atoms with Crippen LogP contribution in [0.15, 0.2) is 23.5 Å². The van der Waals surface area contributed by atoms with Gasteiger partial charge in [0.25, 0.3) is 5.92 Å². The maximum absolute atomic E-state index is 13.2. The first kappa shape index (κ1) is 17.4. The molecular weight excluding hydrogens is 312 g/mol.